The Morgan fingerprint density at radius 3 is 2.67 bits per heavy atom. The second kappa shape index (κ2) is 9.01. The number of piperidine rings is 1. The van der Waals surface area contributed by atoms with Gasteiger partial charge in [0.2, 0.25) is 0 Å². The molecule has 1 saturated heterocycles. The van der Waals surface area contributed by atoms with Crippen molar-refractivity contribution in [3.05, 3.63) is 42.6 Å². The average molecular weight is 372 g/mol. The summed E-state index contributed by atoms with van der Waals surface area (Å²) in [5.74, 6) is 0.684. The molecule has 3 rings (SSSR count). The lowest BCUT2D eigenvalue weighted by Gasteiger charge is -2.34. The Labute approximate surface area is 154 Å². The summed E-state index contributed by atoms with van der Waals surface area (Å²) in [5, 5.41) is 6.39. The third-order valence-corrected chi connectivity index (χ3v) is 4.27. The van der Waals surface area contributed by atoms with E-state index in [-0.39, 0.29) is 36.1 Å². The molecule has 0 unspecified atom stereocenters. The fourth-order valence-corrected chi connectivity index (χ4v) is 2.67. The molecule has 0 saturated carbocycles. The van der Waals surface area contributed by atoms with Gasteiger partial charge in [0, 0.05) is 25.1 Å². The van der Waals surface area contributed by atoms with Crippen molar-refractivity contribution in [2.75, 3.05) is 19.6 Å². The number of nitrogens with one attached hydrogen (secondary N) is 2. The van der Waals surface area contributed by atoms with Crippen molar-refractivity contribution in [1.82, 2.24) is 25.2 Å². The summed E-state index contributed by atoms with van der Waals surface area (Å²) >= 11 is 0. The molecule has 1 aliphatic heterocycles. The quantitative estimate of drug-likeness (QED) is 0.864. The van der Waals surface area contributed by atoms with Gasteiger partial charge in [-0.05, 0) is 43.5 Å². The van der Waals surface area contributed by atoms with E-state index in [1.54, 1.807) is 29.4 Å². The zero-order valence-electron chi connectivity index (χ0n) is 13.6. The maximum absolute atomic E-state index is 12.2. The molecule has 0 radical (unpaired) electrons. The molecule has 2 aromatic rings. The van der Waals surface area contributed by atoms with Crippen LogP contribution in [0.2, 0.25) is 0 Å². The van der Waals surface area contributed by atoms with E-state index in [9.17, 15) is 4.79 Å². The van der Waals surface area contributed by atoms with Crippen LogP contribution in [-0.4, -0.2) is 40.1 Å². The molecule has 1 fully saturated rings. The minimum absolute atomic E-state index is 0. The third kappa shape index (κ3) is 4.93. The molecular formula is C16H23Cl2N5O. The first-order chi connectivity index (χ1) is 10.7. The summed E-state index contributed by atoms with van der Waals surface area (Å²) in [6.45, 7) is 4.98. The smallest absolute Gasteiger partial charge is 0.252 e. The highest BCUT2D eigenvalue weighted by Gasteiger charge is 2.27. The maximum Gasteiger partial charge on any atom is 0.252 e. The summed E-state index contributed by atoms with van der Waals surface area (Å²) in [7, 11) is 0. The van der Waals surface area contributed by atoms with Crippen LogP contribution in [0.3, 0.4) is 0 Å². The topological polar surface area (TPSA) is 71.8 Å². The summed E-state index contributed by atoms with van der Waals surface area (Å²) < 4.78 is 1.80. The van der Waals surface area contributed by atoms with Crippen molar-refractivity contribution in [2.45, 2.75) is 19.8 Å². The highest BCUT2D eigenvalue weighted by molar-refractivity contribution is 5.93. The van der Waals surface area contributed by atoms with Crippen molar-refractivity contribution in [1.29, 1.82) is 0 Å². The molecule has 24 heavy (non-hydrogen) atoms. The minimum Gasteiger partial charge on any atom is -0.351 e. The predicted octanol–water partition coefficient (Wildman–Crippen LogP) is 2.23. The van der Waals surface area contributed by atoms with Gasteiger partial charge in [-0.3, -0.25) is 9.36 Å². The molecule has 132 valence electrons. The first-order valence-corrected chi connectivity index (χ1v) is 7.60. The Morgan fingerprint density at radius 2 is 2.08 bits per heavy atom. The van der Waals surface area contributed by atoms with Gasteiger partial charge in [-0.1, -0.05) is 6.92 Å². The highest BCUT2D eigenvalue weighted by Crippen LogP contribution is 2.26. The number of carbonyl (C=O) groups is 1. The van der Waals surface area contributed by atoms with Gasteiger partial charge < -0.3 is 10.6 Å². The zero-order chi connectivity index (χ0) is 15.4. The number of carbonyl (C=O) groups excluding carboxylic acids is 1. The van der Waals surface area contributed by atoms with Crippen LogP contribution in [0.15, 0.2) is 37.1 Å². The maximum atomic E-state index is 12.2. The third-order valence-electron chi connectivity index (χ3n) is 4.27. The summed E-state index contributed by atoms with van der Waals surface area (Å²) in [5.41, 5.74) is 0.770. The Morgan fingerprint density at radius 1 is 1.33 bits per heavy atom. The summed E-state index contributed by atoms with van der Waals surface area (Å²) in [6, 6.07) is 3.62. The standard InChI is InChI=1S/C16H21N5O.2ClH/c1-16(4-6-17-7-5-16)11-20-15(22)13-2-3-14(19-10-13)21-9-8-18-12-21;;/h2-3,8-10,12,17H,4-7,11H2,1H3,(H,20,22);2*1H. The fraction of sp³-hybridized carbons (Fsp3) is 0.438. The average Bonchev–Trinajstić information content (AvgIpc) is 3.08. The molecule has 0 spiro atoms. The van der Waals surface area contributed by atoms with Crippen molar-refractivity contribution in [3.8, 4) is 5.82 Å². The molecule has 6 nitrogen and oxygen atoms in total. The van der Waals surface area contributed by atoms with Gasteiger partial charge in [-0.2, -0.15) is 0 Å². The molecule has 0 atom stereocenters. The van der Waals surface area contributed by atoms with E-state index in [2.05, 4.69) is 27.5 Å². The number of imidazole rings is 1. The van der Waals surface area contributed by atoms with Crippen LogP contribution in [0.5, 0.6) is 0 Å². The lowest BCUT2D eigenvalue weighted by atomic mass is 9.81. The lowest BCUT2D eigenvalue weighted by molar-refractivity contribution is 0.0922. The van der Waals surface area contributed by atoms with Crippen LogP contribution < -0.4 is 10.6 Å². The van der Waals surface area contributed by atoms with Crippen LogP contribution in [0.4, 0.5) is 0 Å². The van der Waals surface area contributed by atoms with Gasteiger partial charge in [0.05, 0.1) is 5.56 Å². The first kappa shape index (κ1) is 20.4. The Balaban J connectivity index is 0.00000144. The predicted molar refractivity (Wildman–Crippen MR) is 98.4 cm³/mol. The Kier molecular flexibility index (Phi) is 7.66. The van der Waals surface area contributed by atoms with E-state index in [1.807, 2.05) is 12.3 Å². The number of hydrogen-bond acceptors (Lipinski definition) is 4. The van der Waals surface area contributed by atoms with Crippen molar-refractivity contribution in [2.24, 2.45) is 5.41 Å². The number of aromatic nitrogens is 3. The molecule has 0 aromatic carbocycles. The van der Waals surface area contributed by atoms with Crippen LogP contribution >= 0.6 is 24.8 Å². The number of amides is 1. The summed E-state index contributed by atoms with van der Waals surface area (Å²) in [4.78, 5) is 20.5. The Hall–Kier alpha value is -1.63. The number of rotatable bonds is 4. The SMILES string of the molecule is CC1(CNC(=O)c2ccc(-n3ccnc3)nc2)CCNCC1.Cl.Cl. The Bertz CT molecular complexity index is 624. The zero-order valence-corrected chi connectivity index (χ0v) is 15.2. The number of halogens is 2. The normalized spacial score (nSPS) is 15.7. The lowest BCUT2D eigenvalue weighted by Crippen LogP contribution is -2.42. The second-order valence-corrected chi connectivity index (χ2v) is 6.12. The molecule has 8 heteroatoms. The van der Waals surface area contributed by atoms with E-state index in [0.717, 1.165) is 31.7 Å². The van der Waals surface area contributed by atoms with Gasteiger partial charge in [-0.15, -0.1) is 24.8 Å². The number of hydrogen-bond donors (Lipinski definition) is 2. The van der Waals surface area contributed by atoms with Crippen molar-refractivity contribution >= 4 is 30.7 Å². The van der Waals surface area contributed by atoms with Gasteiger partial charge in [0.1, 0.15) is 12.1 Å². The monoisotopic (exact) mass is 371 g/mol. The van der Waals surface area contributed by atoms with Crippen LogP contribution in [0.25, 0.3) is 5.82 Å². The molecule has 0 bridgehead atoms. The molecule has 1 amide bonds. The first-order valence-electron chi connectivity index (χ1n) is 7.60. The second-order valence-electron chi connectivity index (χ2n) is 6.12. The van der Waals surface area contributed by atoms with Crippen molar-refractivity contribution < 1.29 is 4.79 Å². The molecule has 3 heterocycles. The van der Waals surface area contributed by atoms with Gasteiger partial charge >= 0.3 is 0 Å². The van der Waals surface area contributed by atoms with Crippen LogP contribution in [0, 0.1) is 5.41 Å². The van der Waals surface area contributed by atoms with Crippen LogP contribution in [-0.2, 0) is 0 Å². The summed E-state index contributed by atoms with van der Waals surface area (Å²) in [6.07, 6.45) is 8.98. The number of nitrogens with zero attached hydrogens (tertiary/aromatic N) is 3. The largest absolute Gasteiger partial charge is 0.351 e. The molecular weight excluding hydrogens is 349 g/mol. The molecule has 2 N–H and O–H groups in total. The number of pyridine rings is 1. The van der Waals surface area contributed by atoms with Crippen LogP contribution in [0.1, 0.15) is 30.1 Å². The molecule has 1 aliphatic rings. The van der Waals surface area contributed by atoms with E-state index < -0.39 is 0 Å². The van der Waals surface area contributed by atoms with Gasteiger partial charge in [0.25, 0.3) is 5.91 Å². The van der Waals surface area contributed by atoms with E-state index in [4.69, 9.17) is 0 Å². The van der Waals surface area contributed by atoms with Crippen molar-refractivity contribution in [3.63, 3.8) is 0 Å². The van der Waals surface area contributed by atoms with E-state index in [1.165, 1.54) is 0 Å². The van der Waals surface area contributed by atoms with E-state index in [0.29, 0.717) is 12.1 Å². The van der Waals surface area contributed by atoms with E-state index >= 15 is 0 Å². The molecule has 2 aromatic heterocycles. The minimum atomic E-state index is -0.0653. The fourth-order valence-electron chi connectivity index (χ4n) is 2.67. The van der Waals surface area contributed by atoms with Gasteiger partial charge in [-0.25, -0.2) is 9.97 Å². The van der Waals surface area contributed by atoms with Gasteiger partial charge in [0.15, 0.2) is 0 Å². The highest BCUT2D eigenvalue weighted by atomic mass is 35.5. The molecule has 0 aliphatic carbocycles.